The third kappa shape index (κ3) is 4.05. The topological polar surface area (TPSA) is 58.4 Å². The van der Waals surface area contributed by atoms with Gasteiger partial charge in [-0.15, -0.1) is 11.3 Å². The Morgan fingerprint density at radius 2 is 2.08 bits per heavy atom. The normalized spacial score (nSPS) is 20.2. The van der Waals surface area contributed by atoms with Gasteiger partial charge in [-0.05, 0) is 61.0 Å². The highest BCUT2D eigenvalue weighted by Crippen LogP contribution is 2.37. The Morgan fingerprint density at radius 3 is 2.80 bits per heavy atom. The average Bonchev–Trinajstić information content (AvgIpc) is 3.07. The van der Waals surface area contributed by atoms with Crippen LogP contribution in [-0.4, -0.2) is 29.9 Å². The summed E-state index contributed by atoms with van der Waals surface area (Å²) < 4.78 is 0. The standard InChI is InChI=1S/C20H27N3OS/c1-3-4-18-13-16-9-12-25-19(16)14(2)23(18)11-10-22-20(24)15-5-7-17(21)8-6-15/h5-9,12,14,18H,3-4,10-11,13,21H2,1-2H3,(H,22,24). The first-order chi connectivity index (χ1) is 12.1. The second kappa shape index (κ2) is 8.02. The van der Waals surface area contributed by atoms with Crippen LogP contribution in [0.25, 0.3) is 0 Å². The molecule has 2 unspecified atom stereocenters. The van der Waals surface area contributed by atoms with Crippen molar-refractivity contribution in [3.63, 3.8) is 0 Å². The van der Waals surface area contributed by atoms with Gasteiger partial charge in [-0.1, -0.05) is 13.3 Å². The van der Waals surface area contributed by atoms with Crippen LogP contribution in [0.1, 0.15) is 53.5 Å². The largest absolute Gasteiger partial charge is 0.399 e. The highest BCUT2D eigenvalue weighted by Gasteiger charge is 2.31. The SMILES string of the molecule is CCCC1Cc2ccsc2C(C)N1CCNC(=O)c1ccc(N)cc1. The molecule has 1 aliphatic heterocycles. The summed E-state index contributed by atoms with van der Waals surface area (Å²) in [4.78, 5) is 16.3. The zero-order valence-electron chi connectivity index (χ0n) is 15.0. The first-order valence-corrected chi connectivity index (χ1v) is 9.94. The van der Waals surface area contributed by atoms with Gasteiger partial charge in [-0.2, -0.15) is 0 Å². The van der Waals surface area contributed by atoms with Crippen LogP contribution in [0.4, 0.5) is 5.69 Å². The number of nitrogens with zero attached hydrogens (tertiary/aromatic N) is 1. The molecule has 1 aromatic carbocycles. The van der Waals surface area contributed by atoms with E-state index in [0.29, 0.717) is 29.9 Å². The van der Waals surface area contributed by atoms with Gasteiger partial charge in [0.25, 0.3) is 5.91 Å². The fraction of sp³-hybridized carbons (Fsp3) is 0.450. The molecule has 0 spiro atoms. The molecular weight excluding hydrogens is 330 g/mol. The summed E-state index contributed by atoms with van der Waals surface area (Å²) in [5, 5.41) is 5.25. The number of nitrogen functional groups attached to an aromatic ring is 1. The van der Waals surface area contributed by atoms with E-state index in [1.54, 1.807) is 24.3 Å². The minimum absolute atomic E-state index is 0.0338. The van der Waals surface area contributed by atoms with E-state index in [1.807, 2.05) is 11.3 Å². The number of nitrogens with one attached hydrogen (secondary N) is 1. The molecule has 0 radical (unpaired) electrons. The molecule has 4 nitrogen and oxygen atoms in total. The molecule has 0 aliphatic carbocycles. The molecule has 134 valence electrons. The molecule has 2 atom stereocenters. The zero-order chi connectivity index (χ0) is 17.8. The summed E-state index contributed by atoms with van der Waals surface area (Å²) in [5.41, 5.74) is 8.52. The summed E-state index contributed by atoms with van der Waals surface area (Å²) >= 11 is 1.85. The van der Waals surface area contributed by atoms with Crippen molar-refractivity contribution in [1.82, 2.24) is 10.2 Å². The smallest absolute Gasteiger partial charge is 0.251 e. The van der Waals surface area contributed by atoms with E-state index in [9.17, 15) is 4.79 Å². The van der Waals surface area contributed by atoms with Crippen LogP contribution in [-0.2, 0) is 6.42 Å². The lowest BCUT2D eigenvalue weighted by molar-refractivity contribution is 0.0918. The maximum atomic E-state index is 12.3. The van der Waals surface area contributed by atoms with Crippen molar-refractivity contribution >= 4 is 22.9 Å². The summed E-state index contributed by atoms with van der Waals surface area (Å²) in [6.07, 6.45) is 3.51. The molecule has 0 bridgehead atoms. The van der Waals surface area contributed by atoms with Crippen molar-refractivity contribution in [1.29, 1.82) is 0 Å². The Bertz CT molecular complexity index is 710. The van der Waals surface area contributed by atoms with Crippen LogP contribution in [0.5, 0.6) is 0 Å². The number of amides is 1. The second-order valence-corrected chi connectivity index (χ2v) is 7.70. The van der Waals surface area contributed by atoms with E-state index < -0.39 is 0 Å². The number of rotatable bonds is 6. The van der Waals surface area contributed by atoms with Crippen molar-refractivity contribution < 1.29 is 4.79 Å². The van der Waals surface area contributed by atoms with Crippen LogP contribution in [0.15, 0.2) is 35.7 Å². The monoisotopic (exact) mass is 357 g/mol. The van der Waals surface area contributed by atoms with Crippen molar-refractivity contribution in [3.05, 3.63) is 51.7 Å². The Morgan fingerprint density at radius 1 is 1.32 bits per heavy atom. The number of hydrogen-bond donors (Lipinski definition) is 2. The molecule has 0 fully saturated rings. The first kappa shape index (κ1) is 18.0. The third-order valence-corrected chi connectivity index (χ3v) is 6.16. The highest BCUT2D eigenvalue weighted by atomic mass is 32.1. The maximum Gasteiger partial charge on any atom is 0.251 e. The molecule has 0 saturated carbocycles. The Labute approximate surface area is 154 Å². The predicted molar refractivity (Wildman–Crippen MR) is 105 cm³/mol. The quantitative estimate of drug-likeness (QED) is 0.772. The van der Waals surface area contributed by atoms with E-state index in [0.717, 1.165) is 13.0 Å². The van der Waals surface area contributed by atoms with Crippen molar-refractivity contribution in [2.24, 2.45) is 0 Å². The Kier molecular flexibility index (Phi) is 5.76. The third-order valence-electron chi connectivity index (χ3n) is 5.03. The summed E-state index contributed by atoms with van der Waals surface area (Å²) in [6.45, 7) is 6.08. The van der Waals surface area contributed by atoms with E-state index in [4.69, 9.17) is 5.73 Å². The van der Waals surface area contributed by atoms with Gasteiger partial charge in [0.1, 0.15) is 0 Å². The minimum atomic E-state index is -0.0338. The molecule has 0 saturated heterocycles. The summed E-state index contributed by atoms with van der Waals surface area (Å²) in [6, 6.07) is 10.3. The number of carbonyl (C=O) groups excluding carboxylic acids is 1. The maximum absolute atomic E-state index is 12.3. The number of carbonyl (C=O) groups is 1. The number of thiophene rings is 1. The van der Waals surface area contributed by atoms with Gasteiger partial charge in [-0.3, -0.25) is 9.69 Å². The predicted octanol–water partition coefficient (Wildman–Crippen LogP) is 3.85. The van der Waals surface area contributed by atoms with E-state index in [1.165, 1.54) is 23.3 Å². The molecular formula is C20H27N3OS. The molecule has 2 heterocycles. The number of anilines is 1. The van der Waals surface area contributed by atoms with Gasteiger partial charge < -0.3 is 11.1 Å². The lowest BCUT2D eigenvalue weighted by atomic mass is 9.93. The lowest BCUT2D eigenvalue weighted by Gasteiger charge is -2.40. The molecule has 3 rings (SSSR count). The number of fused-ring (bicyclic) bond motifs is 1. The van der Waals surface area contributed by atoms with Crippen LogP contribution in [0.3, 0.4) is 0 Å². The Hall–Kier alpha value is -1.85. The van der Waals surface area contributed by atoms with E-state index >= 15 is 0 Å². The molecule has 1 aromatic heterocycles. The van der Waals surface area contributed by atoms with Crippen LogP contribution in [0.2, 0.25) is 0 Å². The van der Waals surface area contributed by atoms with Gasteiger partial charge in [0, 0.05) is 41.3 Å². The number of benzene rings is 1. The molecule has 1 aliphatic rings. The van der Waals surface area contributed by atoms with Gasteiger partial charge in [0.2, 0.25) is 0 Å². The number of hydrogen-bond acceptors (Lipinski definition) is 4. The average molecular weight is 358 g/mol. The van der Waals surface area contributed by atoms with Gasteiger partial charge in [0.05, 0.1) is 0 Å². The first-order valence-electron chi connectivity index (χ1n) is 9.06. The molecule has 5 heteroatoms. The van der Waals surface area contributed by atoms with Crippen molar-refractivity contribution in [3.8, 4) is 0 Å². The highest BCUT2D eigenvalue weighted by molar-refractivity contribution is 7.10. The van der Waals surface area contributed by atoms with E-state index in [-0.39, 0.29) is 5.91 Å². The molecule has 2 aromatic rings. The van der Waals surface area contributed by atoms with Gasteiger partial charge in [0.15, 0.2) is 0 Å². The van der Waals surface area contributed by atoms with Crippen LogP contribution in [0, 0.1) is 0 Å². The van der Waals surface area contributed by atoms with Crippen LogP contribution < -0.4 is 11.1 Å². The fourth-order valence-corrected chi connectivity index (χ4v) is 4.75. The van der Waals surface area contributed by atoms with Gasteiger partial charge in [-0.25, -0.2) is 0 Å². The minimum Gasteiger partial charge on any atom is -0.399 e. The second-order valence-electron chi connectivity index (χ2n) is 6.75. The van der Waals surface area contributed by atoms with Crippen molar-refractivity contribution in [2.75, 3.05) is 18.8 Å². The Balaban J connectivity index is 1.60. The lowest BCUT2D eigenvalue weighted by Crippen LogP contribution is -2.45. The number of nitrogens with two attached hydrogens (primary N) is 1. The molecule has 25 heavy (non-hydrogen) atoms. The zero-order valence-corrected chi connectivity index (χ0v) is 15.8. The summed E-state index contributed by atoms with van der Waals surface area (Å²) in [5.74, 6) is -0.0338. The molecule has 1 amide bonds. The van der Waals surface area contributed by atoms with E-state index in [2.05, 4.69) is 35.5 Å². The fourth-order valence-electron chi connectivity index (χ4n) is 3.73. The van der Waals surface area contributed by atoms with Crippen LogP contribution >= 0.6 is 11.3 Å². The van der Waals surface area contributed by atoms with Gasteiger partial charge >= 0.3 is 0 Å². The molecule has 3 N–H and O–H groups in total. The summed E-state index contributed by atoms with van der Waals surface area (Å²) in [7, 11) is 0. The van der Waals surface area contributed by atoms with Crippen molar-refractivity contribution in [2.45, 2.75) is 45.2 Å².